The topological polar surface area (TPSA) is 79.3 Å². The molecule has 1 aromatic heterocycles. The number of hydrogen-bond donors (Lipinski definition) is 2. The Kier molecular flexibility index (Phi) is 3.22. The van der Waals surface area contributed by atoms with E-state index in [1.807, 2.05) is 0 Å². The Morgan fingerprint density at radius 1 is 1.44 bits per heavy atom. The number of phenolic OH excluding ortho intramolecular Hbond substituents is 1. The van der Waals surface area contributed by atoms with E-state index in [0.29, 0.717) is 5.01 Å². The van der Waals surface area contributed by atoms with Crippen molar-refractivity contribution in [3.63, 3.8) is 0 Å². The zero-order valence-electron chi connectivity index (χ0n) is 9.21. The first-order chi connectivity index (χ1) is 8.38. The minimum atomic E-state index is -3.85. The van der Waals surface area contributed by atoms with Crippen LogP contribution in [0.1, 0.15) is 5.01 Å². The second kappa shape index (κ2) is 4.54. The Bertz CT molecular complexity index is 682. The fourth-order valence-electron chi connectivity index (χ4n) is 1.25. The van der Waals surface area contributed by atoms with Gasteiger partial charge in [0.05, 0.1) is 16.9 Å². The Morgan fingerprint density at radius 2 is 2.17 bits per heavy atom. The van der Waals surface area contributed by atoms with E-state index in [4.69, 9.17) is 0 Å². The first-order valence-electron chi connectivity index (χ1n) is 4.82. The largest absolute Gasteiger partial charge is 0.506 e. The van der Waals surface area contributed by atoms with Gasteiger partial charge in [0, 0.05) is 6.07 Å². The molecule has 1 heterocycles. The van der Waals surface area contributed by atoms with Crippen LogP contribution in [0.4, 0.5) is 10.1 Å². The van der Waals surface area contributed by atoms with Gasteiger partial charge in [-0.1, -0.05) is 0 Å². The lowest BCUT2D eigenvalue weighted by Crippen LogP contribution is -2.11. The molecule has 0 aliphatic heterocycles. The maximum atomic E-state index is 13.0. The predicted molar refractivity (Wildman–Crippen MR) is 65.7 cm³/mol. The average Bonchev–Trinajstić information content (AvgIpc) is 2.71. The molecule has 0 radical (unpaired) electrons. The molecular formula is C10H9FN2O3S2. The molecule has 0 bridgehead atoms. The third-order valence-electron chi connectivity index (χ3n) is 2.07. The van der Waals surface area contributed by atoms with E-state index in [1.54, 1.807) is 6.92 Å². The molecule has 2 aromatic rings. The fourth-order valence-corrected chi connectivity index (χ4v) is 3.42. The van der Waals surface area contributed by atoms with E-state index in [-0.39, 0.29) is 15.6 Å². The maximum Gasteiger partial charge on any atom is 0.273 e. The fraction of sp³-hybridized carbons (Fsp3) is 0.100. The SMILES string of the molecule is Cc1ncc(S(=O)(=O)Nc2cc(F)ccc2O)s1. The van der Waals surface area contributed by atoms with E-state index >= 15 is 0 Å². The third-order valence-corrected chi connectivity index (χ3v) is 4.81. The summed E-state index contributed by atoms with van der Waals surface area (Å²) in [6.07, 6.45) is 1.21. The summed E-state index contributed by atoms with van der Waals surface area (Å²) in [7, 11) is -3.85. The minimum absolute atomic E-state index is 0.00339. The Balaban J connectivity index is 2.36. The molecule has 0 saturated heterocycles. The van der Waals surface area contributed by atoms with E-state index < -0.39 is 15.8 Å². The van der Waals surface area contributed by atoms with Crippen LogP contribution in [-0.2, 0) is 10.0 Å². The van der Waals surface area contributed by atoms with Crippen molar-refractivity contribution in [2.45, 2.75) is 11.1 Å². The Labute approximate surface area is 107 Å². The molecule has 0 unspecified atom stereocenters. The van der Waals surface area contributed by atoms with E-state index in [9.17, 15) is 17.9 Å². The van der Waals surface area contributed by atoms with Crippen molar-refractivity contribution < 1.29 is 17.9 Å². The van der Waals surface area contributed by atoms with Crippen LogP contribution in [0.25, 0.3) is 0 Å². The number of hydrogen-bond acceptors (Lipinski definition) is 5. The molecule has 0 fully saturated rings. The summed E-state index contributed by atoms with van der Waals surface area (Å²) < 4.78 is 38.9. The van der Waals surface area contributed by atoms with Crippen molar-refractivity contribution in [2.75, 3.05) is 4.72 Å². The Hall–Kier alpha value is -1.67. The Morgan fingerprint density at radius 3 is 2.78 bits per heavy atom. The van der Waals surface area contributed by atoms with Crippen LogP contribution in [0.5, 0.6) is 5.75 Å². The number of aryl methyl sites for hydroxylation is 1. The first kappa shape index (κ1) is 12.8. The molecule has 1 aromatic carbocycles. The molecule has 2 N–H and O–H groups in total. The zero-order valence-corrected chi connectivity index (χ0v) is 10.8. The van der Waals surface area contributed by atoms with Crippen LogP contribution in [0.3, 0.4) is 0 Å². The van der Waals surface area contributed by atoms with Gasteiger partial charge in [0.1, 0.15) is 11.6 Å². The molecule has 18 heavy (non-hydrogen) atoms. The summed E-state index contributed by atoms with van der Waals surface area (Å²) in [5, 5.41) is 10.0. The van der Waals surface area contributed by atoms with Crippen molar-refractivity contribution in [2.24, 2.45) is 0 Å². The average molecular weight is 288 g/mol. The van der Waals surface area contributed by atoms with Crippen molar-refractivity contribution in [3.05, 3.63) is 35.2 Å². The van der Waals surface area contributed by atoms with Gasteiger partial charge in [-0.25, -0.2) is 17.8 Å². The van der Waals surface area contributed by atoms with Crippen molar-refractivity contribution >= 4 is 27.0 Å². The van der Waals surface area contributed by atoms with Gasteiger partial charge in [-0.3, -0.25) is 4.72 Å². The quantitative estimate of drug-likeness (QED) is 0.848. The predicted octanol–water partition coefficient (Wildman–Crippen LogP) is 2.10. The molecule has 0 saturated carbocycles. The number of aromatic hydroxyl groups is 1. The highest BCUT2D eigenvalue weighted by molar-refractivity contribution is 7.94. The van der Waals surface area contributed by atoms with Gasteiger partial charge in [0.15, 0.2) is 4.21 Å². The van der Waals surface area contributed by atoms with Crippen molar-refractivity contribution in [1.29, 1.82) is 0 Å². The molecule has 5 nitrogen and oxygen atoms in total. The van der Waals surface area contributed by atoms with Crippen LogP contribution in [0.2, 0.25) is 0 Å². The number of sulfonamides is 1. The third kappa shape index (κ3) is 2.59. The summed E-state index contributed by atoms with van der Waals surface area (Å²) in [6.45, 7) is 1.67. The number of nitrogens with one attached hydrogen (secondary N) is 1. The molecule has 0 amide bonds. The first-order valence-corrected chi connectivity index (χ1v) is 7.12. The van der Waals surface area contributed by atoms with Gasteiger partial charge >= 0.3 is 0 Å². The van der Waals surface area contributed by atoms with Gasteiger partial charge in [-0.15, -0.1) is 11.3 Å². The van der Waals surface area contributed by atoms with E-state index in [0.717, 1.165) is 29.5 Å². The van der Waals surface area contributed by atoms with Gasteiger partial charge in [0.2, 0.25) is 0 Å². The molecule has 0 aliphatic rings. The summed E-state index contributed by atoms with van der Waals surface area (Å²) in [5.41, 5.74) is -0.207. The van der Waals surface area contributed by atoms with Gasteiger partial charge in [-0.2, -0.15) is 0 Å². The number of nitrogens with zero attached hydrogens (tertiary/aromatic N) is 1. The highest BCUT2D eigenvalue weighted by Gasteiger charge is 2.19. The van der Waals surface area contributed by atoms with Gasteiger partial charge in [0.25, 0.3) is 10.0 Å². The minimum Gasteiger partial charge on any atom is -0.506 e. The normalized spacial score (nSPS) is 11.4. The molecule has 96 valence electrons. The maximum absolute atomic E-state index is 13.0. The number of halogens is 1. The number of anilines is 1. The monoisotopic (exact) mass is 288 g/mol. The zero-order chi connectivity index (χ0) is 13.3. The second-order valence-corrected chi connectivity index (χ2v) is 6.61. The smallest absolute Gasteiger partial charge is 0.273 e. The van der Waals surface area contributed by atoms with Crippen molar-refractivity contribution in [3.8, 4) is 5.75 Å². The van der Waals surface area contributed by atoms with Gasteiger partial charge < -0.3 is 5.11 Å². The number of thiazole rings is 1. The summed E-state index contributed by atoms with van der Waals surface area (Å²) in [6, 6.07) is 3.01. The molecule has 0 spiro atoms. The number of aromatic nitrogens is 1. The van der Waals surface area contributed by atoms with Crippen LogP contribution in [0.15, 0.2) is 28.6 Å². The van der Waals surface area contributed by atoms with Crippen LogP contribution in [-0.4, -0.2) is 18.5 Å². The molecule has 8 heteroatoms. The highest BCUT2D eigenvalue weighted by atomic mass is 32.2. The molecule has 0 atom stereocenters. The lowest BCUT2D eigenvalue weighted by Gasteiger charge is -2.07. The standard InChI is InChI=1S/C10H9FN2O3S2/c1-6-12-5-10(17-6)18(15,16)13-8-4-7(11)2-3-9(8)14/h2-5,13-14H,1H3. The van der Waals surface area contributed by atoms with Crippen LogP contribution >= 0.6 is 11.3 Å². The number of phenols is 1. The summed E-state index contributed by atoms with van der Waals surface area (Å²) >= 11 is 0.987. The lowest BCUT2D eigenvalue weighted by atomic mass is 10.3. The lowest BCUT2D eigenvalue weighted by molar-refractivity contribution is 0.475. The van der Waals surface area contributed by atoms with Gasteiger partial charge in [-0.05, 0) is 19.1 Å². The number of rotatable bonds is 3. The van der Waals surface area contributed by atoms with E-state index in [1.165, 1.54) is 6.20 Å². The number of benzene rings is 1. The highest BCUT2D eigenvalue weighted by Crippen LogP contribution is 2.27. The van der Waals surface area contributed by atoms with Crippen LogP contribution in [0, 0.1) is 12.7 Å². The molecule has 0 aliphatic carbocycles. The van der Waals surface area contributed by atoms with E-state index in [2.05, 4.69) is 9.71 Å². The molecule has 2 rings (SSSR count). The molecular weight excluding hydrogens is 279 g/mol. The van der Waals surface area contributed by atoms with Crippen LogP contribution < -0.4 is 4.72 Å². The van der Waals surface area contributed by atoms with Crippen molar-refractivity contribution in [1.82, 2.24) is 4.98 Å². The summed E-state index contributed by atoms with van der Waals surface area (Å²) in [5.74, 6) is -0.993. The summed E-state index contributed by atoms with van der Waals surface area (Å²) in [4.78, 5) is 3.83. The second-order valence-electron chi connectivity index (χ2n) is 3.47.